The quantitative estimate of drug-likeness (QED) is 0.907. The van der Waals surface area contributed by atoms with Crippen LogP contribution in [0, 0.1) is 5.92 Å². The molecule has 1 aliphatic heterocycles. The molecular weight excluding hydrogens is 320 g/mol. The molecule has 2 heterocycles. The van der Waals surface area contributed by atoms with E-state index in [0.717, 1.165) is 42.3 Å². The number of carbonyl (C=O) groups is 1. The number of nitrogens with one attached hydrogen (secondary N) is 1. The van der Waals surface area contributed by atoms with Gasteiger partial charge in [-0.25, -0.2) is 9.78 Å². The van der Waals surface area contributed by atoms with E-state index in [1.54, 1.807) is 11.3 Å². The van der Waals surface area contributed by atoms with Crippen molar-refractivity contribution in [1.82, 2.24) is 20.1 Å². The molecule has 0 saturated carbocycles. The SMILES string of the molecule is CN(C)CC1CCN(C(=O)NCc2csc(-c3ccccc3)n2)C1. The van der Waals surface area contributed by atoms with Crippen LogP contribution in [0.5, 0.6) is 0 Å². The van der Waals surface area contributed by atoms with E-state index in [-0.39, 0.29) is 6.03 Å². The second-order valence-corrected chi connectivity index (χ2v) is 7.39. The third kappa shape index (κ3) is 4.33. The maximum absolute atomic E-state index is 12.3. The largest absolute Gasteiger partial charge is 0.332 e. The molecule has 5 nitrogen and oxygen atoms in total. The van der Waals surface area contributed by atoms with Crippen LogP contribution in [0.4, 0.5) is 4.79 Å². The molecule has 1 aromatic heterocycles. The van der Waals surface area contributed by atoms with Gasteiger partial charge in [-0.2, -0.15) is 0 Å². The van der Waals surface area contributed by atoms with Crippen molar-refractivity contribution in [3.63, 3.8) is 0 Å². The Bertz CT molecular complexity index is 671. The summed E-state index contributed by atoms with van der Waals surface area (Å²) in [5, 5.41) is 6.01. The first kappa shape index (κ1) is 16.9. The molecule has 24 heavy (non-hydrogen) atoms. The smallest absolute Gasteiger partial charge is 0.317 e. The highest BCUT2D eigenvalue weighted by atomic mass is 32.1. The number of hydrogen-bond donors (Lipinski definition) is 1. The zero-order chi connectivity index (χ0) is 16.9. The summed E-state index contributed by atoms with van der Waals surface area (Å²) in [5.74, 6) is 0.578. The lowest BCUT2D eigenvalue weighted by Gasteiger charge is -2.18. The van der Waals surface area contributed by atoms with Gasteiger partial charge in [0.25, 0.3) is 0 Å². The first-order valence-corrected chi connectivity index (χ1v) is 9.17. The Kier molecular flexibility index (Phi) is 5.48. The Morgan fingerprint density at radius 2 is 2.17 bits per heavy atom. The highest BCUT2D eigenvalue weighted by molar-refractivity contribution is 7.13. The predicted octanol–water partition coefficient (Wildman–Crippen LogP) is 2.90. The van der Waals surface area contributed by atoms with Gasteiger partial charge in [-0.3, -0.25) is 0 Å². The summed E-state index contributed by atoms with van der Waals surface area (Å²) >= 11 is 1.61. The molecule has 0 spiro atoms. The van der Waals surface area contributed by atoms with E-state index >= 15 is 0 Å². The van der Waals surface area contributed by atoms with Crippen molar-refractivity contribution in [2.75, 3.05) is 33.7 Å². The minimum Gasteiger partial charge on any atom is -0.332 e. The molecule has 1 aliphatic rings. The minimum atomic E-state index is 0.0190. The Morgan fingerprint density at radius 3 is 2.92 bits per heavy atom. The Labute approximate surface area is 147 Å². The zero-order valence-electron chi connectivity index (χ0n) is 14.2. The van der Waals surface area contributed by atoms with Gasteiger partial charge in [0.2, 0.25) is 0 Å². The van der Waals surface area contributed by atoms with E-state index in [4.69, 9.17) is 0 Å². The molecule has 1 fully saturated rings. The van der Waals surface area contributed by atoms with E-state index in [1.807, 2.05) is 28.5 Å². The fourth-order valence-electron chi connectivity index (χ4n) is 3.06. The van der Waals surface area contributed by atoms with Crippen LogP contribution in [0.25, 0.3) is 10.6 Å². The number of thiazole rings is 1. The summed E-state index contributed by atoms with van der Waals surface area (Å²) in [6.45, 7) is 3.21. The molecule has 2 aromatic rings. The van der Waals surface area contributed by atoms with Gasteiger partial charge >= 0.3 is 6.03 Å². The zero-order valence-corrected chi connectivity index (χ0v) is 15.1. The van der Waals surface area contributed by atoms with Gasteiger partial charge in [0, 0.05) is 30.6 Å². The van der Waals surface area contributed by atoms with E-state index < -0.39 is 0 Å². The molecule has 2 amide bonds. The number of aromatic nitrogens is 1. The molecule has 1 saturated heterocycles. The molecule has 1 N–H and O–H groups in total. The standard InChI is InChI=1S/C18H24N4OS/c1-21(2)11-14-8-9-22(12-14)18(23)19-10-16-13-24-17(20-16)15-6-4-3-5-7-15/h3-7,13-14H,8-12H2,1-2H3,(H,19,23). The summed E-state index contributed by atoms with van der Waals surface area (Å²) in [5.41, 5.74) is 2.03. The normalized spacial score (nSPS) is 17.5. The van der Waals surface area contributed by atoms with Gasteiger partial charge in [-0.05, 0) is 26.4 Å². The third-order valence-corrected chi connectivity index (χ3v) is 5.13. The molecule has 1 atom stereocenters. The van der Waals surface area contributed by atoms with Crippen molar-refractivity contribution in [2.45, 2.75) is 13.0 Å². The van der Waals surface area contributed by atoms with E-state index in [0.29, 0.717) is 12.5 Å². The Balaban J connectivity index is 1.50. The van der Waals surface area contributed by atoms with Crippen LogP contribution in [-0.4, -0.2) is 54.5 Å². The van der Waals surface area contributed by atoms with E-state index in [1.165, 1.54) is 0 Å². The molecule has 0 aliphatic carbocycles. The average Bonchev–Trinajstić information content (AvgIpc) is 3.22. The van der Waals surface area contributed by atoms with Crippen LogP contribution in [0.1, 0.15) is 12.1 Å². The van der Waals surface area contributed by atoms with Crippen LogP contribution < -0.4 is 5.32 Å². The summed E-state index contributed by atoms with van der Waals surface area (Å²) in [4.78, 5) is 21.0. The fourth-order valence-corrected chi connectivity index (χ4v) is 3.89. The monoisotopic (exact) mass is 344 g/mol. The topological polar surface area (TPSA) is 48.5 Å². The number of amides is 2. The molecule has 1 unspecified atom stereocenters. The van der Waals surface area contributed by atoms with Gasteiger partial charge in [0.15, 0.2) is 0 Å². The number of hydrogen-bond acceptors (Lipinski definition) is 4. The van der Waals surface area contributed by atoms with Crippen LogP contribution in [0.3, 0.4) is 0 Å². The number of urea groups is 1. The molecule has 0 bridgehead atoms. The molecule has 3 rings (SSSR count). The summed E-state index contributed by atoms with van der Waals surface area (Å²) in [7, 11) is 4.16. The minimum absolute atomic E-state index is 0.0190. The number of carbonyl (C=O) groups excluding carboxylic acids is 1. The van der Waals surface area contributed by atoms with Crippen LogP contribution >= 0.6 is 11.3 Å². The summed E-state index contributed by atoms with van der Waals surface area (Å²) in [6, 6.07) is 10.1. The molecule has 128 valence electrons. The second kappa shape index (κ2) is 7.77. The Morgan fingerprint density at radius 1 is 1.38 bits per heavy atom. The van der Waals surface area contributed by atoms with Gasteiger partial charge in [0.1, 0.15) is 5.01 Å². The average molecular weight is 344 g/mol. The lowest BCUT2D eigenvalue weighted by molar-refractivity contribution is 0.205. The first-order chi connectivity index (χ1) is 11.6. The predicted molar refractivity (Wildman–Crippen MR) is 98.0 cm³/mol. The van der Waals surface area contributed by atoms with Crippen molar-refractivity contribution >= 4 is 17.4 Å². The third-order valence-electron chi connectivity index (χ3n) is 4.19. The summed E-state index contributed by atoms with van der Waals surface area (Å²) in [6.07, 6.45) is 1.08. The second-order valence-electron chi connectivity index (χ2n) is 6.53. The van der Waals surface area contributed by atoms with Crippen LogP contribution in [-0.2, 0) is 6.54 Å². The maximum Gasteiger partial charge on any atom is 0.317 e. The Hall–Kier alpha value is -1.92. The highest BCUT2D eigenvalue weighted by Crippen LogP contribution is 2.23. The fraction of sp³-hybridized carbons (Fsp3) is 0.444. The van der Waals surface area contributed by atoms with Crippen molar-refractivity contribution in [2.24, 2.45) is 5.92 Å². The van der Waals surface area contributed by atoms with Crippen LogP contribution in [0.2, 0.25) is 0 Å². The van der Waals surface area contributed by atoms with Gasteiger partial charge in [-0.1, -0.05) is 30.3 Å². The number of rotatable bonds is 5. The summed E-state index contributed by atoms with van der Waals surface area (Å²) < 4.78 is 0. The molecular formula is C18H24N4OS. The molecule has 1 aromatic carbocycles. The molecule has 0 radical (unpaired) electrons. The number of nitrogens with zero attached hydrogens (tertiary/aromatic N) is 3. The van der Waals surface area contributed by atoms with Crippen LogP contribution in [0.15, 0.2) is 35.7 Å². The van der Waals surface area contributed by atoms with Gasteiger partial charge in [0.05, 0.1) is 12.2 Å². The number of likely N-dealkylation sites (tertiary alicyclic amines) is 1. The lowest BCUT2D eigenvalue weighted by atomic mass is 10.1. The van der Waals surface area contributed by atoms with Crippen molar-refractivity contribution < 1.29 is 4.79 Å². The maximum atomic E-state index is 12.3. The van der Waals surface area contributed by atoms with Crippen molar-refractivity contribution in [3.8, 4) is 10.6 Å². The number of benzene rings is 1. The van der Waals surface area contributed by atoms with Crippen molar-refractivity contribution in [1.29, 1.82) is 0 Å². The van der Waals surface area contributed by atoms with Crippen molar-refractivity contribution in [3.05, 3.63) is 41.4 Å². The van der Waals surface area contributed by atoms with Gasteiger partial charge < -0.3 is 15.1 Å². The molecule has 6 heteroatoms. The highest BCUT2D eigenvalue weighted by Gasteiger charge is 2.26. The van der Waals surface area contributed by atoms with Gasteiger partial charge in [-0.15, -0.1) is 11.3 Å². The lowest BCUT2D eigenvalue weighted by Crippen LogP contribution is -2.38. The van der Waals surface area contributed by atoms with E-state index in [9.17, 15) is 4.79 Å². The van der Waals surface area contributed by atoms with E-state index in [2.05, 4.69) is 41.4 Å². The first-order valence-electron chi connectivity index (χ1n) is 8.29.